The van der Waals surface area contributed by atoms with Gasteiger partial charge in [-0.25, -0.2) is 4.98 Å². The molecule has 2 aliphatic heterocycles. The van der Waals surface area contributed by atoms with E-state index in [4.69, 9.17) is 23.6 Å². The quantitative estimate of drug-likeness (QED) is 0.179. The van der Waals surface area contributed by atoms with Gasteiger partial charge in [0.2, 0.25) is 11.7 Å². The van der Waals surface area contributed by atoms with Gasteiger partial charge in [-0.2, -0.15) is 0 Å². The Morgan fingerprint density at radius 1 is 0.863 bits per heavy atom. The lowest BCUT2D eigenvalue weighted by Crippen LogP contribution is -2.39. The number of aromatic nitrogens is 2. The third-order valence-electron chi connectivity index (χ3n) is 10.5. The molecule has 3 aromatic carbocycles. The molecule has 2 aromatic heterocycles. The zero-order valence-corrected chi connectivity index (χ0v) is 29.7. The minimum atomic E-state index is -0.159. The van der Waals surface area contributed by atoms with Gasteiger partial charge in [-0.1, -0.05) is 42.5 Å². The number of likely N-dealkylation sites (tertiary alicyclic amines) is 1. The van der Waals surface area contributed by atoms with Crippen LogP contribution in [0.4, 0.5) is 5.95 Å². The number of aliphatic hydroxyl groups is 1. The number of aliphatic hydroxyl groups excluding tert-OH is 1. The van der Waals surface area contributed by atoms with Crippen LogP contribution in [0.1, 0.15) is 46.7 Å². The fourth-order valence-corrected chi connectivity index (χ4v) is 7.78. The monoisotopic (exact) mass is 693 g/mol. The number of methoxy groups -OCH3 is 3. The number of para-hydroxylation sites is 2. The summed E-state index contributed by atoms with van der Waals surface area (Å²) in [7, 11) is 4.69. The van der Waals surface area contributed by atoms with Gasteiger partial charge in [0, 0.05) is 43.7 Å². The summed E-state index contributed by atoms with van der Waals surface area (Å²) >= 11 is 0. The normalized spacial score (nSPS) is 18.3. The van der Waals surface area contributed by atoms with E-state index in [1.807, 2.05) is 29.2 Å². The third-order valence-corrected chi connectivity index (χ3v) is 10.5. The van der Waals surface area contributed by atoms with E-state index in [0.29, 0.717) is 48.2 Å². The second-order valence-electron chi connectivity index (χ2n) is 13.5. The molecule has 1 atom stereocenters. The standard InChI is InChI=1S/C40H47N5O6/c1-48-35-24-29(25-36(49-2)37(35)50-3)38(47)44-21-17-40(28-44,30-10-5-4-6-11-30)16-20-42-18-9-19-43(23-22-42)39-41-33-12-7-8-13-34(33)45(39)26-31-14-15-32(27-46)51-31/h4-8,10-15,24-25,46H,9,16-23,26-28H2,1-3H3. The van der Waals surface area contributed by atoms with Crippen LogP contribution in [0.5, 0.6) is 17.2 Å². The number of amides is 1. The number of ether oxygens (including phenoxy) is 3. The van der Waals surface area contributed by atoms with Crippen molar-refractivity contribution in [1.82, 2.24) is 19.4 Å². The molecule has 0 saturated carbocycles. The number of anilines is 1. The molecule has 268 valence electrons. The number of hydrogen-bond donors (Lipinski definition) is 1. The summed E-state index contributed by atoms with van der Waals surface area (Å²) in [6.45, 7) is 6.33. The van der Waals surface area contributed by atoms with Gasteiger partial charge in [0.1, 0.15) is 18.1 Å². The Kier molecular flexibility index (Phi) is 10.2. The van der Waals surface area contributed by atoms with Crippen molar-refractivity contribution in [2.24, 2.45) is 0 Å². The number of carbonyl (C=O) groups is 1. The molecule has 2 aliphatic rings. The van der Waals surface area contributed by atoms with Crippen molar-refractivity contribution >= 4 is 22.9 Å². The van der Waals surface area contributed by atoms with Crippen molar-refractivity contribution in [2.45, 2.75) is 37.8 Å². The molecule has 1 unspecified atom stereocenters. The zero-order chi connectivity index (χ0) is 35.4. The fourth-order valence-electron chi connectivity index (χ4n) is 7.78. The number of benzene rings is 3. The highest BCUT2D eigenvalue weighted by atomic mass is 16.5. The van der Waals surface area contributed by atoms with Crippen molar-refractivity contribution < 1.29 is 28.5 Å². The molecule has 1 N–H and O–H groups in total. The van der Waals surface area contributed by atoms with Gasteiger partial charge in [-0.3, -0.25) is 4.79 Å². The maximum atomic E-state index is 14.0. The van der Waals surface area contributed by atoms with E-state index in [0.717, 1.165) is 74.7 Å². The number of furan rings is 1. The van der Waals surface area contributed by atoms with Crippen molar-refractivity contribution in [3.05, 3.63) is 102 Å². The van der Waals surface area contributed by atoms with E-state index in [1.54, 1.807) is 33.5 Å². The molecule has 5 aromatic rings. The largest absolute Gasteiger partial charge is 0.493 e. The van der Waals surface area contributed by atoms with Crippen molar-refractivity contribution in [1.29, 1.82) is 0 Å². The van der Waals surface area contributed by atoms with Crippen LogP contribution in [0.3, 0.4) is 0 Å². The highest BCUT2D eigenvalue weighted by molar-refractivity contribution is 5.96. The SMILES string of the molecule is COc1cc(C(=O)N2CCC(CCN3CCCN(c4nc5ccccc5n4Cc4ccc(CO)o4)CC3)(c3ccccc3)C2)cc(OC)c1OC. The third kappa shape index (κ3) is 7.00. The molecule has 51 heavy (non-hydrogen) atoms. The predicted octanol–water partition coefficient (Wildman–Crippen LogP) is 5.58. The van der Waals surface area contributed by atoms with E-state index in [-0.39, 0.29) is 17.9 Å². The second kappa shape index (κ2) is 15.1. The molecule has 0 bridgehead atoms. The number of fused-ring (bicyclic) bond motifs is 1. The Labute approximate surface area is 298 Å². The van der Waals surface area contributed by atoms with Crippen LogP contribution in [-0.2, 0) is 18.6 Å². The number of carbonyl (C=O) groups excluding carboxylic acids is 1. The topological polar surface area (TPSA) is 106 Å². The first kappa shape index (κ1) is 34.4. The van der Waals surface area contributed by atoms with Crippen LogP contribution in [0.15, 0.2) is 83.3 Å². The van der Waals surface area contributed by atoms with Crippen LogP contribution in [-0.4, -0.2) is 97.5 Å². The summed E-state index contributed by atoms with van der Waals surface area (Å²) in [4.78, 5) is 26.0. The van der Waals surface area contributed by atoms with Crippen LogP contribution in [0, 0.1) is 0 Å². The summed E-state index contributed by atoms with van der Waals surface area (Å²) in [6.07, 6.45) is 2.85. The summed E-state index contributed by atoms with van der Waals surface area (Å²) in [5.41, 5.74) is 3.66. The molecule has 4 heterocycles. The average molecular weight is 694 g/mol. The Morgan fingerprint density at radius 2 is 1.61 bits per heavy atom. The van der Waals surface area contributed by atoms with Gasteiger partial charge in [-0.05, 0) is 74.3 Å². The van der Waals surface area contributed by atoms with Gasteiger partial charge in [0.25, 0.3) is 5.91 Å². The molecular weight excluding hydrogens is 646 g/mol. The minimum Gasteiger partial charge on any atom is -0.493 e. The highest BCUT2D eigenvalue weighted by Gasteiger charge is 2.42. The zero-order valence-electron chi connectivity index (χ0n) is 29.7. The lowest BCUT2D eigenvalue weighted by atomic mass is 9.76. The van der Waals surface area contributed by atoms with Crippen molar-refractivity contribution in [2.75, 3.05) is 72.0 Å². The Balaban J connectivity index is 1.07. The van der Waals surface area contributed by atoms with Crippen molar-refractivity contribution in [3.8, 4) is 17.2 Å². The average Bonchev–Trinajstić information content (AvgIpc) is 3.88. The molecule has 0 radical (unpaired) electrons. The first-order valence-electron chi connectivity index (χ1n) is 17.7. The van der Waals surface area contributed by atoms with Crippen LogP contribution >= 0.6 is 0 Å². The molecule has 0 spiro atoms. The summed E-state index contributed by atoms with van der Waals surface area (Å²) in [6, 6.07) is 26.1. The highest BCUT2D eigenvalue weighted by Crippen LogP contribution is 2.41. The Hall–Kier alpha value is -5.00. The van der Waals surface area contributed by atoms with Gasteiger partial charge < -0.3 is 43.0 Å². The van der Waals surface area contributed by atoms with E-state index in [9.17, 15) is 9.90 Å². The molecule has 11 heteroatoms. The summed E-state index contributed by atoms with van der Waals surface area (Å²) in [5, 5.41) is 9.54. The summed E-state index contributed by atoms with van der Waals surface area (Å²) < 4.78 is 24.7. The molecule has 2 saturated heterocycles. The molecule has 11 nitrogen and oxygen atoms in total. The maximum absolute atomic E-state index is 14.0. The predicted molar refractivity (Wildman–Crippen MR) is 196 cm³/mol. The van der Waals surface area contributed by atoms with E-state index >= 15 is 0 Å². The van der Waals surface area contributed by atoms with Gasteiger partial charge in [-0.15, -0.1) is 0 Å². The van der Waals surface area contributed by atoms with Crippen LogP contribution < -0.4 is 19.1 Å². The number of hydrogen-bond acceptors (Lipinski definition) is 9. The second-order valence-corrected chi connectivity index (χ2v) is 13.5. The molecule has 2 fully saturated rings. The van der Waals surface area contributed by atoms with Crippen molar-refractivity contribution in [3.63, 3.8) is 0 Å². The van der Waals surface area contributed by atoms with Gasteiger partial charge >= 0.3 is 0 Å². The minimum absolute atomic E-state index is 0.0394. The summed E-state index contributed by atoms with van der Waals surface area (Å²) in [5.74, 6) is 3.66. The molecule has 1 amide bonds. The van der Waals surface area contributed by atoms with Crippen LogP contribution in [0.25, 0.3) is 11.0 Å². The lowest BCUT2D eigenvalue weighted by molar-refractivity contribution is 0.0780. The fraction of sp³-hybridized carbons (Fsp3) is 0.400. The maximum Gasteiger partial charge on any atom is 0.254 e. The first-order chi connectivity index (χ1) is 24.9. The smallest absolute Gasteiger partial charge is 0.254 e. The lowest BCUT2D eigenvalue weighted by Gasteiger charge is -2.33. The number of rotatable bonds is 12. The first-order valence-corrected chi connectivity index (χ1v) is 17.7. The Morgan fingerprint density at radius 3 is 2.33 bits per heavy atom. The molecule has 7 rings (SSSR count). The van der Waals surface area contributed by atoms with Gasteiger partial charge in [0.05, 0.1) is 38.9 Å². The molecule has 0 aliphatic carbocycles. The molecular formula is C40H47N5O6. The Bertz CT molecular complexity index is 1930. The van der Waals surface area contributed by atoms with E-state index in [1.165, 1.54) is 5.56 Å². The van der Waals surface area contributed by atoms with E-state index < -0.39 is 0 Å². The van der Waals surface area contributed by atoms with Gasteiger partial charge in [0.15, 0.2) is 11.5 Å². The number of nitrogens with zero attached hydrogens (tertiary/aromatic N) is 5. The number of imidazole rings is 1. The van der Waals surface area contributed by atoms with Crippen LogP contribution in [0.2, 0.25) is 0 Å². The van der Waals surface area contributed by atoms with E-state index in [2.05, 4.69) is 56.8 Å².